The highest BCUT2D eigenvalue weighted by Crippen LogP contribution is 2.46. The fourth-order valence-corrected chi connectivity index (χ4v) is 4.07. The third-order valence-corrected chi connectivity index (χ3v) is 5.21. The van der Waals surface area contributed by atoms with Crippen LogP contribution in [0.2, 0.25) is 0 Å². The van der Waals surface area contributed by atoms with Gasteiger partial charge in [-0.25, -0.2) is 4.98 Å². The van der Waals surface area contributed by atoms with Gasteiger partial charge >= 0.3 is 0 Å². The number of nitrogens with zero attached hydrogens (tertiary/aromatic N) is 1. The molecule has 1 heterocycles. The molecule has 0 saturated heterocycles. The number of aryl methyl sites for hydroxylation is 2. The van der Waals surface area contributed by atoms with Gasteiger partial charge in [0.2, 0.25) is 0 Å². The number of hydrogen-bond donors (Lipinski definition) is 2. The summed E-state index contributed by atoms with van der Waals surface area (Å²) in [7, 11) is 0. The van der Waals surface area contributed by atoms with Gasteiger partial charge in [-0.3, -0.25) is 0 Å². The number of aromatic nitrogens is 2. The Morgan fingerprint density at radius 2 is 1.70 bits per heavy atom. The number of nitrogens with one attached hydrogen (secondary N) is 1. The standard InChI is InChI=1S/C20H19N3/c21-19-13-7-2-1-6-12(13)18-14(19)8-5-9-15(18)20-22-16-10-3-4-11-17(16)23-20/h1-2,5-9,19H,3-4,10-11,21H2,(H,22,23)/t19-/m1/s1. The molecule has 2 aliphatic rings. The predicted molar refractivity (Wildman–Crippen MR) is 92.1 cm³/mol. The van der Waals surface area contributed by atoms with Crippen LogP contribution in [0.4, 0.5) is 0 Å². The van der Waals surface area contributed by atoms with Crippen LogP contribution >= 0.6 is 0 Å². The molecule has 3 nitrogen and oxygen atoms in total. The van der Waals surface area contributed by atoms with Crippen molar-refractivity contribution in [2.75, 3.05) is 0 Å². The first-order valence-electron chi connectivity index (χ1n) is 8.39. The maximum absolute atomic E-state index is 6.47. The Kier molecular flexibility index (Phi) is 2.73. The second kappa shape index (κ2) is 4.80. The lowest BCUT2D eigenvalue weighted by molar-refractivity contribution is 0.667. The number of aromatic amines is 1. The molecule has 3 heteroatoms. The molecule has 0 spiro atoms. The van der Waals surface area contributed by atoms with E-state index in [2.05, 4.69) is 47.4 Å². The Morgan fingerprint density at radius 3 is 2.61 bits per heavy atom. The van der Waals surface area contributed by atoms with E-state index < -0.39 is 0 Å². The van der Waals surface area contributed by atoms with E-state index >= 15 is 0 Å². The largest absolute Gasteiger partial charge is 0.342 e. The van der Waals surface area contributed by atoms with Gasteiger partial charge in [0.05, 0.1) is 11.7 Å². The zero-order valence-corrected chi connectivity index (χ0v) is 13.0. The van der Waals surface area contributed by atoms with Gasteiger partial charge in [0, 0.05) is 11.3 Å². The zero-order valence-electron chi connectivity index (χ0n) is 13.0. The average molecular weight is 301 g/mol. The summed E-state index contributed by atoms with van der Waals surface area (Å²) in [5.41, 5.74) is 15.1. The maximum Gasteiger partial charge on any atom is 0.138 e. The average Bonchev–Trinajstić information content (AvgIpc) is 3.15. The van der Waals surface area contributed by atoms with Gasteiger partial charge in [-0.05, 0) is 47.9 Å². The number of nitrogens with two attached hydrogens (primary N) is 1. The highest BCUT2D eigenvalue weighted by atomic mass is 14.9. The minimum Gasteiger partial charge on any atom is -0.342 e. The number of hydrogen-bond acceptors (Lipinski definition) is 2. The van der Waals surface area contributed by atoms with E-state index in [9.17, 15) is 0 Å². The summed E-state index contributed by atoms with van der Waals surface area (Å²) in [5, 5.41) is 0. The molecule has 0 unspecified atom stereocenters. The Balaban J connectivity index is 1.74. The second-order valence-corrected chi connectivity index (χ2v) is 6.55. The van der Waals surface area contributed by atoms with Crippen molar-refractivity contribution in [3.63, 3.8) is 0 Å². The van der Waals surface area contributed by atoms with Crippen molar-refractivity contribution in [1.29, 1.82) is 0 Å². The number of imidazole rings is 1. The first kappa shape index (κ1) is 13.1. The highest BCUT2D eigenvalue weighted by molar-refractivity contribution is 5.89. The summed E-state index contributed by atoms with van der Waals surface area (Å²) in [6.45, 7) is 0. The molecular weight excluding hydrogens is 282 g/mol. The van der Waals surface area contributed by atoms with Crippen molar-refractivity contribution in [1.82, 2.24) is 9.97 Å². The lowest BCUT2D eigenvalue weighted by Gasteiger charge is -2.08. The molecule has 0 bridgehead atoms. The molecule has 0 aliphatic heterocycles. The maximum atomic E-state index is 6.47. The normalized spacial score (nSPS) is 18.4. The van der Waals surface area contributed by atoms with Crippen molar-refractivity contribution < 1.29 is 0 Å². The quantitative estimate of drug-likeness (QED) is 0.714. The van der Waals surface area contributed by atoms with E-state index in [0.717, 1.165) is 18.7 Å². The van der Waals surface area contributed by atoms with E-state index in [1.807, 2.05) is 0 Å². The minimum atomic E-state index is -0.0364. The van der Waals surface area contributed by atoms with E-state index in [-0.39, 0.29) is 6.04 Å². The Labute approximate surface area is 135 Å². The van der Waals surface area contributed by atoms with Crippen LogP contribution in [0, 0.1) is 0 Å². The molecule has 2 aromatic carbocycles. The molecular formula is C20H19N3. The number of fused-ring (bicyclic) bond motifs is 4. The first-order chi connectivity index (χ1) is 11.3. The first-order valence-corrected chi connectivity index (χ1v) is 8.39. The molecule has 3 N–H and O–H groups in total. The monoisotopic (exact) mass is 301 g/mol. The van der Waals surface area contributed by atoms with E-state index in [1.165, 1.54) is 52.0 Å². The van der Waals surface area contributed by atoms with Gasteiger partial charge in [0.1, 0.15) is 5.82 Å². The summed E-state index contributed by atoms with van der Waals surface area (Å²) < 4.78 is 0. The summed E-state index contributed by atoms with van der Waals surface area (Å²) in [6.07, 6.45) is 4.72. The fourth-order valence-electron chi connectivity index (χ4n) is 4.07. The third-order valence-electron chi connectivity index (χ3n) is 5.21. The molecule has 5 rings (SSSR count). The molecule has 0 radical (unpaired) electrons. The number of benzene rings is 2. The molecule has 0 amide bonds. The lowest BCUT2D eigenvalue weighted by Crippen LogP contribution is -2.07. The molecule has 3 aromatic rings. The van der Waals surface area contributed by atoms with Gasteiger partial charge in [-0.2, -0.15) is 0 Å². The van der Waals surface area contributed by atoms with Crippen LogP contribution in [-0.4, -0.2) is 9.97 Å². The molecule has 23 heavy (non-hydrogen) atoms. The van der Waals surface area contributed by atoms with Crippen molar-refractivity contribution >= 4 is 0 Å². The Hall–Kier alpha value is -2.39. The predicted octanol–water partition coefficient (Wildman–Crippen LogP) is 3.98. The van der Waals surface area contributed by atoms with Gasteiger partial charge < -0.3 is 10.7 Å². The molecule has 1 aromatic heterocycles. The summed E-state index contributed by atoms with van der Waals surface area (Å²) in [4.78, 5) is 8.47. The number of rotatable bonds is 1. The fraction of sp³-hybridized carbons (Fsp3) is 0.250. The van der Waals surface area contributed by atoms with Crippen molar-refractivity contribution in [3.8, 4) is 22.5 Å². The van der Waals surface area contributed by atoms with Crippen LogP contribution in [0.1, 0.15) is 41.4 Å². The highest BCUT2D eigenvalue weighted by Gasteiger charge is 2.29. The van der Waals surface area contributed by atoms with Crippen LogP contribution < -0.4 is 5.73 Å². The molecule has 1 atom stereocenters. The summed E-state index contributed by atoms with van der Waals surface area (Å²) in [6, 6.07) is 14.8. The van der Waals surface area contributed by atoms with Crippen LogP contribution in [0.3, 0.4) is 0 Å². The molecule has 0 fully saturated rings. The van der Waals surface area contributed by atoms with Crippen molar-refractivity contribution in [3.05, 3.63) is 65.0 Å². The SMILES string of the molecule is N[C@@H]1c2ccccc2-c2c(-c3nc4c([nH]3)CCCC4)cccc21. The molecule has 0 saturated carbocycles. The Bertz CT molecular complexity index is 884. The smallest absolute Gasteiger partial charge is 0.138 e. The van der Waals surface area contributed by atoms with Crippen LogP contribution in [0.15, 0.2) is 42.5 Å². The van der Waals surface area contributed by atoms with E-state index in [4.69, 9.17) is 10.7 Å². The minimum absolute atomic E-state index is 0.0364. The Morgan fingerprint density at radius 1 is 0.913 bits per heavy atom. The van der Waals surface area contributed by atoms with Gasteiger partial charge in [-0.1, -0.05) is 42.5 Å². The van der Waals surface area contributed by atoms with Gasteiger partial charge in [0.25, 0.3) is 0 Å². The zero-order chi connectivity index (χ0) is 15.4. The van der Waals surface area contributed by atoms with E-state index in [1.54, 1.807) is 0 Å². The number of H-pyrrole nitrogens is 1. The third kappa shape index (κ3) is 1.83. The van der Waals surface area contributed by atoms with Crippen LogP contribution in [-0.2, 0) is 12.8 Å². The van der Waals surface area contributed by atoms with Crippen molar-refractivity contribution in [2.45, 2.75) is 31.7 Å². The molecule has 114 valence electrons. The van der Waals surface area contributed by atoms with Crippen molar-refractivity contribution in [2.24, 2.45) is 5.73 Å². The lowest BCUT2D eigenvalue weighted by atomic mass is 9.99. The van der Waals surface area contributed by atoms with E-state index in [0.29, 0.717) is 0 Å². The van der Waals surface area contributed by atoms with Gasteiger partial charge in [-0.15, -0.1) is 0 Å². The van der Waals surface area contributed by atoms with Gasteiger partial charge in [0.15, 0.2) is 0 Å². The van der Waals surface area contributed by atoms with Crippen LogP contribution in [0.5, 0.6) is 0 Å². The summed E-state index contributed by atoms with van der Waals surface area (Å²) >= 11 is 0. The summed E-state index contributed by atoms with van der Waals surface area (Å²) in [5.74, 6) is 0.998. The second-order valence-electron chi connectivity index (χ2n) is 6.55. The molecule has 2 aliphatic carbocycles. The van der Waals surface area contributed by atoms with Crippen LogP contribution in [0.25, 0.3) is 22.5 Å². The topological polar surface area (TPSA) is 54.7 Å².